The molecule has 13 heavy (non-hydrogen) atoms. The molecule has 5 N–H and O–H groups in total. The van der Waals surface area contributed by atoms with Gasteiger partial charge in [0, 0.05) is 11.1 Å². The monoisotopic (exact) mass is 178 g/mol. The summed E-state index contributed by atoms with van der Waals surface area (Å²) in [7, 11) is 0. The molecule has 0 aliphatic carbocycles. The third-order valence-corrected chi connectivity index (χ3v) is 2.04. The fourth-order valence-corrected chi connectivity index (χ4v) is 1.41. The predicted molar refractivity (Wildman–Crippen MR) is 50.8 cm³/mol. The lowest BCUT2D eigenvalue weighted by molar-refractivity contribution is 0.410. The van der Waals surface area contributed by atoms with Gasteiger partial charge in [0.05, 0.1) is 11.2 Å². The van der Waals surface area contributed by atoms with Crippen molar-refractivity contribution < 1.29 is 10.2 Å². The van der Waals surface area contributed by atoms with E-state index in [2.05, 4.69) is 4.98 Å². The second-order valence-electron chi connectivity index (χ2n) is 3.08. The molecular weight excluding hydrogens is 168 g/mol. The Kier molecular flexibility index (Phi) is 1.39. The number of nitrogens with two attached hydrogens (primary N) is 1. The molecule has 1 aromatic carbocycles. The van der Waals surface area contributed by atoms with Gasteiger partial charge in [-0.15, -0.1) is 0 Å². The van der Waals surface area contributed by atoms with Crippen molar-refractivity contribution in [3.05, 3.63) is 17.8 Å². The van der Waals surface area contributed by atoms with Crippen LogP contribution in [0.15, 0.2) is 12.1 Å². The van der Waals surface area contributed by atoms with Gasteiger partial charge in [0.25, 0.3) is 0 Å². The Morgan fingerprint density at radius 3 is 2.62 bits per heavy atom. The number of rotatable bonds is 0. The number of phenolic OH excluding ortho intramolecular Hbond substituents is 2. The minimum Gasteiger partial charge on any atom is -0.504 e. The number of nitrogens with one attached hydrogen (secondary N) is 1. The zero-order valence-corrected chi connectivity index (χ0v) is 7.13. The van der Waals surface area contributed by atoms with Crippen molar-refractivity contribution in [3.63, 3.8) is 0 Å². The molecule has 0 fully saturated rings. The Morgan fingerprint density at radius 2 is 1.92 bits per heavy atom. The van der Waals surface area contributed by atoms with Gasteiger partial charge in [0.15, 0.2) is 11.5 Å². The van der Waals surface area contributed by atoms with E-state index in [1.54, 1.807) is 12.1 Å². The Labute approximate surface area is 74.6 Å². The largest absolute Gasteiger partial charge is 0.504 e. The summed E-state index contributed by atoms with van der Waals surface area (Å²) < 4.78 is 0. The number of benzene rings is 1. The molecule has 0 spiro atoms. The topological polar surface area (TPSA) is 82.3 Å². The lowest BCUT2D eigenvalue weighted by atomic mass is 10.2. The van der Waals surface area contributed by atoms with Crippen molar-refractivity contribution in [1.29, 1.82) is 0 Å². The highest BCUT2D eigenvalue weighted by molar-refractivity contribution is 5.93. The number of fused-ring (bicyclic) bond motifs is 1. The van der Waals surface area contributed by atoms with Crippen molar-refractivity contribution in [1.82, 2.24) is 4.98 Å². The summed E-state index contributed by atoms with van der Waals surface area (Å²) in [6.07, 6.45) is 0. The molecule has 0 aliphatic rings. The molecule has 2 aromatic rings. The second kappa shape index (κ2) is 2.32. The average molecular weight is 178 g/mol. The van der Waals surface area contributed by atoms with Crippen LogP contribution in [0.5, 0.6) is 11.5 Å². The van der Waals surface area contributed by atoms with Crippen LogP contribution in [-0.2, 0) is 0 Å². The van der Waals surface area contributed by atoms with Gasteiger partial charge in [-0.25, -0.2) is 0 Å². The summed E-state index contributed by atoms with van der Waals surface area (Å²) in [5.74, 6) is -0.425. The predicted octanol–water partition coefficient (Wildman–Crippen LogP) is 1.47. The van der Waals surface area contributed by atoms with Crippen LogP contribution in [0.25, 0.3) is 10.9 Å². The van der Waals surface area contributed by atoms with Gasteiger partial charge in [-0.1, -0.05) is 0 Å². The maximum atomic E-state index is 9.50. The summed E-state index contributed by atoms with van der Waals surface area (Å²) >= 11 is 0. The van der Waals surface area contributed by atoms with Gasteiger partial charge in [-0.3, -0.25) is 0 Å². The molecule has 1 aromatic heterocycles. The van der Waals surface area contributed by atoms with Crippen LogP contribution in [0.3, 0.4) is 0 Å². The zero-order valence-electron chi connectivity index (χ0n) is 7.13. The number of aryl methyl sites for hydroxylation is 1. The van der Waals surface area contributed by atoms with E-state index >= 15 is 0 Å². The fraction of sp³-hybridized carbons (Fsp3) is 0.111. The number of aromatic nitrogens is 1. The fourth-order valence-electron chi connectivity index (χ4n) is 1.41. The van der Waals surface area contributed by atoms with Crippen molar-refractivity contribution in [2.24, 2.45) is 0 Å². The highest BCUT2D eigenvalue weighted by Crippen LogP contribution is 2.38. The van der Waals surface area contributed by atoms with Crippen LogP contribution >= 0.6 is 0 Å². The molecule has 0 radical (unpaired) electrons. The molecule has 4 nitrogen and oxygen atoms in total. The first kappa shape index (κ1) is 7.79. The van der Waals surface area contributed by atoms with Gasteiger partial charge in [0.2, 0.25) is 0 Å². The van der Waals surface area contributed by atoms with Crippen LogP contribution in [-0.4, -0.2) is 15.2 Å². The Bertz CT molecular complexity index is 474. The number of anilines is 1. The average Bonchev–Trinajstić information content (AvgIpc) is 2.42. The highest BCUT2D eigenvalue weighted by atomic mass is 16.3. The lowest BCUT2D eigenvalue weighted by Gasteiger charge is -2.01. The molecular formula is C9H10N2O2. The third-order valence-electron chi connectivity index (χ3n) is 2.04. The van der Waals surface area contributed by atoms with E-state index in [0.717, 1.165) is 11.2 Å². The van der Waals surface area contributed by atoms with E-state index < -0.39 is 0 Å². The Hall–Kier alpha value is -1.84. The summed E-state index contributed by atoms with van der Waals surface area (Å²) in [5, 5.41) is 19.4. The first-order valence-electron chi connectivity index (χ1n) is 3.89. The van der Waals surface area contributed by atoms with Crippen LogP contribution in [0.4, 0.5) is 5.69 Å². The van der Waals surface area contributed by atoms with E-state index in [4.69, 9.17) is 5.73 Å². The van der Waals surface area contributed by atoms with Gasteiger partial charge in [-0.2, -0.15) is 0 Å². The van der Waals surface area contributed by atoms with Gasteiger partial charge in [-0.05, 0) is 19.1 Å². The number of aromatic amines is 1. The molecule has 1 heterocycles. The van der Waals surface area contributed by atoms with Crippen LogP contribution in [0, 0.1) is 6.92 Å². The molecule has 2 rings (SSSR count). The normalized spacial score (nSPS) is 10.8. The minimum atomic E-state index is -0.258. The smallest absolute Gasteiger partial charge is 0.181 e. The first-order valence-corrected chi connectivity index (χ1v) is 3.89. The summed E-state index contributed by atoms with van der Waals surface area (Å²) in [5.41, 5.74) is 7.28. The number of aromatic hydroxyl groups is 2. The second-order valence-corrected chi connectivity index (χ2v) is 3.08. The zero-order chi connectivity index (χ0) is 9.59. The minimum absolute atomic E-state index is 0.167. The Balaban J connectivity index is 2.92. The molecule has 0 unspecified atom stereocenters. The number of nitrogen functional groups attached to an aromatic ring is 1. The number of hydrogen-bond acceptors (Lipinski definition) is 3. The van der Waals surface area contributed by atoms with E-state index in [1.165, 1.54) is 0 Å². The first-order chi connectivity index (χ1) is 6.09. The number of H-pyrrole nitrogens is 1. The van der Waals surface area contributed by atoms with Crippen molar-refractivity contribution in [3.8, 4) is 11.5 Å². The summed E-state index contributed by atoms with van der Waals surface area (Å²) in [6.45, 7) is 1.87. The molecule has 0 bridgehead atoms. The summed E-state index contributed by atoms with van der Waals surface area (Å²) in [4.78, 5) is 3.02. The van der Waals surface area contributed by atoms with E-state index in [9.17, 15) is 10.2 Å². The number of hydrogen-bond donors (Lipinski definition) is 4. The molecule has 0 aliphatic heterocycles. The summed E-state index contributed by atoms with van der Waals surface area (Å²) in [6, 6.07) is 3.35. The molecule has 4 heteroatoms. The maximum Gasteiger partial charge on any atom is 0.181 e. The van der Waals surface area contributed by atoms with Crippen molar-refractivity contribution in [2.75, 3.05) is 5.73 Å². The van der Waals surface area contributed by atoms with Gasteiger partial charge >= 0.3 is 0 Å². The molecule has 0 saturated carbocycles. The van der Waals surface area contributed by atoms with E-state index in [0.29, 0.717) is 5.39 Å². The number of phenols is 2. The maximum absolute atomic E-state index is 9.50. The molecule has 68 valence electrons. The Morgan fingerprint density at radius 1 is 1.23 bits per heavy atom. The lowest BCUT2D eigenvalue weighted by Crippen LogP contribution is -1.85. The van der Waals surface area contributed by atoms with Gasteiger partial charge in [0.1, 0.15) is 0 Å². The van der Waals surface area contributed by atoms with Crippen LogP contribution < -0.4 is 5.73 Å². The van der Waals surface area contributed by atoms with E-state index in [-0.39, 0.29) is 17.2 Å². The molecule has 0 saturated heterocycles. The SMILES string of the molecule is Cc1cc2c(O)c(O)c(N)cc2[nH]1. The van der Waals surface area contributed by atoms with E-state index in [1.807, 2.05) is 6.92 Å². The van der Waals surface area contributed by atoms with Crippen molar-refractivity contribution >= 4 is 16.6 Å². The van der Waals surface area contributed by atoms with Crippen molar-refractivity contribution in [2.45, 2.75) is 6.92 Å². The molecule has 0 atom stereocenters. The third kappa shape index (κ3) is 0.989. The van der Waals surface area contributed by atoms with Gasteiger partial charge < -0.3 is 20.9 Å². The van der Waals surface area contributed by atoms with Crippen LogP contribution in [0.1, 0.15) is 5.69 Å². The standard InChI is InChI=1S/C9H10N2O2/c1-4-2-5-7(11-4)3-6(10)9(13)8(5)12/h2-3,11-13H,10H2,1H3. The van der Waals surface area contributed by atoms with Crippen LogP contribution in [0.2, 0.25) is 0 Å². The quantitative estimate of drug-likeness (QED) is 0.364. The molecule has 0 amide bonds. The highest BCUT2D eigenvalue weighted by Gasteiger charge is 2.10.